The molecular weight excluding hydrogens is 313 g/mol. The van der Waals surface area contributed by atoms with Gasteiger partial charge in [-0.05, 0) is 29.8 Å². The van der Waals surface area contributed by atoms with Gasteiger partial charge in [-0.25, -0.2) is 5.48 Å². The predicted octanol–water partition coefficient (Wildman–Crippen LogP) is 3.48. The molecule has 2 aromatic rings. The van der Waals surface area contributed by atoms with Crippen LogP contribution in [0.3, 0.4) is 0 Å². The van der Waals surface area contributed by atoms with Crippen molar-refractivity contribution in [2.75, 3.05) is 0 Å². The van der Waals surface area contributed by atoms with Gasteiger partial charge in [-0.2, -0.15) is 0 Å². The highest BCUT2D eigenvalue weighted by Gasteiger charge is 2.31. The Bertz CT molecular complexity index is 687. The molecule has 120 valence electrons. The second-order valence-electron chi connectivity index (χ2n) is 4.57. The number of nitrogens with zero attached hydrogens (tertiary/aromatic N) is 1. The maximum atomic E-state index is 12.1. The van der Waals surface area contributed by atoms with Crippen LogP contribution in [0.5, 0.6) is 11.5 Å². The number of pyridine rings is 1. The van der Waals surface area contributed by atoms with Crippen molar-refractivity contribution in [1.82, 2.24) is 10.5 Å². The van der Waals surface area contributed by atoms with Gasteiger partial charge in [-0.3, -0.25) is 9.82 Å². The minimum absolute atomic E-state index is 0.288. The molecule has 0 saturated heterocycles. The fraction of sp³-hybridized carbons (Fsp3) is 0.133. The van der Waals surface area contributed by atoms with Crippen LogP contribution in [-0.2, 0) is 4.84 Å². The molecule has 1 aliphatic heterocycles. The molecule has 0 aliphatic carbocycles. The molecule has 1 aromatic heterocycles. The molecule has 2 heterocycles. The van der Waals surface area contributed by atoms with Crippen LogP contribution in [0, 0.1) is 0 Å². The molecule has 0 bridgehead atoms. The minimum Gasteiger partial charge on any atom is -0.439 e. The standard InChI is InChI=1S/C15H11F3N2O3/c16-15(17,18)22-12-3-1-10(2-4-12)13-9-14(20-23-13)21-11-5-7-19-8-6-11/h1-9,13,20H/t13-/m0/s1. The molecule has 0 saturated carbocycles. The average molecular weight is 324 g/mol. The van der Waals surface area contributed by atoms with Gasteiger partial charge < -0.3 is 9.47 Å². The minimum atomic E-state index is -4.71. The van der Waals surface area contributed by atoms with E-state index in [1.54, 1.807) is 30.6 Å². The van der Waals surface area contributed by atoms with E-state index in [9.17, 15) is 13.2 Å². The summed E-state index contributed by atoms with van der Waals surface area (Å²) in [6.45, 7) is 0. The second kappa shape index (κ2) is 6.17. The van der Waals surface area contributed by atoms with Crippen LogP contribution in [0.15, 0.2) is 60.8 Å². The van der Waals surface area contributed by atoms with E-state index in [-0.39, 0.29) is 5.75 Å². The third-order valence-electron chi connectivity index (χ3n) is 2.91. The van der Waals surface area contributed by atoms with Gasteiger partial charge in [0, 0.05) is 18.5 Å². The lowest BCUT2D eigenvalue weighted by molar-refractivity contribution is -0.274. The number of hydrogen-bond donors (Lipinski definition) is 1. The van der Waals surface area contributed by atoms with Crippen molar-refractivity contribution in [3.63, 3.8) is 0 Å². The molecule has 1 aliphatic rings. The maximum Gasteiger partial charge on any atom is 0.573 e. The van der Waals surface area contributed by atoms with Gasteiger partial charge >= 0.3 is 6.36 Å². The molecule has 0 fully saturated rings. The van der Waals surface area contributed by atoms with Crippen molar-refractivity contribution in [2.24, 2.45) is 0 Å². The highest BCUT2D eigenvalue weighted by Crippen LogP contribution is 2.28. The number of hydrogen-bond acceptors (Lipinski definition) is 5. The number of hydroxylamine groups is 1. The van der Waals surface area contributed by atoms with Crippen LogP contribution in [-0.4, -0.2) is 11.3 Å². The monoisotopic (exact) mass is 324 g/mol. The maximum absolute atomic E-state index is 12.1. The van der Waals surface area contributed by atoms with Crippen molar-refractivity contribution < 1.29 is 27.5 Å². The van der Waals surface area contributed by atoms with Gasteiger partial charge in [0.05, 0.1) is 0 Å². The summed E-state index contributed by atoms with van der Waals surface area (Å²) in [6, 6.07) is 8.78. The lowest BCUT2D eigenvalue weighted by atomic mass is 10.1. The van der Waals surface area contributed by atoms with Crippen molar-refractivity contribution in [1.29, 1.82) is 0 Å². The summed E-state index contributed by atoms with van der Waals surface area (Å²) in [6.07, 6.45) is -0.351. The Balaban J connectivity index is 1.66. The summed E-state index contributed by atoms with van der Waals surface area (Å²) >= 11 is 0. The van der Waals surface area contributed by atoms with E-state index in [1.807, 2.05) is 0 Å². The molecular formula is C15H11F3N2O3. The third kappa shape index (κ3) is 4.13. The Morgan fingerprint density at radius 2 is 1.70 bits per heavy atom. The smallest absolute Gasteiger partial charge is 0.439 e. The molecule has 1 aromatic carbocycles. The van der Waals surface area contributed by atoms with Gasteiger partial charge in [0.1, 0.15) is 17.6 Å². The van der Waals surface area contributed by atoms with Crippen LogP contribution in [0.1, 0.15) is 11.7 Å². The summed E-state index contributed by atoms with van der Waals surface area (Å²) in [5, 5.41) is 0. The quantitative estimate of drug-likeness (QED) is 0.933. The van der Waals surface area contributed by atoms with E-state index in [0.717, 1.165) is 0 Å². The van der Waals surface area contributed by atoms with Crippen molar-refractivity contribution in [3.05, 3.63) is 66.3 Å². The Hall–Kier alpha value is -2.74. The first kappa shape index (κ1) is 15.2. The van der Waals surface area contributed by atoms with E-state index in [2.05, 4.69) is 15.2 Å². The number of nitrogens with one attached hydrogen (secondary N) is 1. The Labute approximate surface area is 129 Å². The van der Waals surface area contributed by atoms with Crippen molar-refractivity contribution in [2.45, 2.75) is 12.5 Å². The zero-order valence-electron chi connectivity index (χ0n) is 11.6. The summed E-state index contributed by atoms with van der Waals surface area (Å²) in [4.78, 5) is 9.19. The number of rotatable bonds is 4. The summed E-state index contributed by atoms with van der Waals surface area (Å²) < 4.78 is 45.7. The number of aromatic nitrogens is 1. The summed E-state index contributed by atoms with van der Waals surface area (Å²) in [5.74, 6) is 0.679. The van der Waals surface area contributed by atoms with E-state index in [4.69, 9.17) is 9.57 Å². The molecule has 8 heteroatoms. The number of ether oxygens (including phenoxy) is 2. The largest absolute Gasteiger partial charge is 0.573 e. The SMILES string of the molecule is FC(F)(F)Oc1ccc([C@@H]2C=C(Oc3ccncc3)NO2)cc1. The molecule has 1 atom stereocenters. The number of halogens is 3. The van der Waals surface area contributed by atoms with Crippen LogP contribution >= 0.6 is 0 Å². The number of alkyl halides is 3. The first-order valence-electron chi connectivity index (χ1n) is 6.57. The molecule has 5 nitrogen and oxygen atoms in total. The Kier molecular flexibility index (Phi) is 4.07. The van der Waals surface area contributed by atoms with Gasteiger partial charge in [-0.15, -0.1) is 13.2 Å². The molecule has 0 radical (unpaired) electrons. The summed E-state index contributed by atoms with van der Waals surface area (Å²) in [5.41, 5.74) is 3.27. The second-order valence-corrected chi connectivity index (χ2v) is 4.57. The van der Waals surface area contributed by atoms with Gasteiger partial charge in [0.25, 0.3) is 0 Å². The topological polar surface area (TPSA) is 52.6 Å². The lowest BCUT2D eigenvalue weighted by Gasteiger charge is -2.11. The van der Waals surface area contributed by atoms with E-state index < -0.39 is 12.5 Å². The first-order chi connectivity index (χ1) is 11.0. The molecule has 0 spiro atoms. The normalized spacial score (nSPS) is 17.3. The zero-order valence-corrected chi connectivity index (χ0v) is 11.6. The van der Waals surface area contributed by atoms with Gasteiger partial charge in [0.15, 0.2) is 0 Å². The van der Waals surface area contributed by atoms with E-state index in [0.29, 0.717) is 17.2 Å². The van der Waals surface area contributed by atoms with Crippen LogP contribution < -0.4 is 15.0 Å². The zero-order chi connectivity index (χ0) is 16.3. The van der Waals surface area contributed by atoms with Crippen molar-refractivity contribution in [3.8, 4) is 11.5 Å². The van der Waals surface area contributed by atoms with Crippen LogP contribution in [0.2, 0.25) is 0 Å². The molecule has 3 rings (SSSR count). The highest BCUT2D eigenvalue weighted by atomic mass is 19.4. The summed E-state index contributed by atoms with van der Waals surface area (Å²) in [7, 11) is 0. The fourth-order valence-electron chi connectivity index (χ4n) is 1.94. The van der Waals surface area contributed by atoms with Crippen molar-refractivity contribution >= 4 is 0 Å². The molecule has 0 unspecified atom stereocenters. The van der Waals surface area contributed by atoms with Gasteiger partial charge in [0.2, 0.25) is 5.88 Å². The third-order valence-corrected chi connectivity index (χ3v) is 2.91. The highest BCUT2D eigenvalue weighted by molar-refractivity contribution is 5.31. The van der Waals surface area contributed by atoms with Crippen LogP contribution in [0.4, 0.5) is 13.2 Å². The van der Waals surface area contributed by atoms with Crippen LogP contribution in [0.25, 0.3) is 0 Å². The number of benzene rings is 1. The predicted molar refractivity (Wildman–Crippen MR) is 73.0 cm³/mol. The average Bonchev–Trinajstić information content (AvgIpc) is 2.96. The molecule has 1 N–H and O–H groups in total. The van der Waals surface area contributed by atoms with Gasteiger partial charge in [-0.1, -0.05) is 12.1 Å². The van der Waals surface area contributed by atoms with E-state index in [1.165, 1.54) is 24.3 Å². The molecule has 0 amide bonds. The lowest BCUT2D eigenvalue weighted by Crippen LogP contribution is -2.17. The molecule has 23 heavy (non-hydrogen) atoms. The first-order valence-corrected chi connectivity index (χ1v) is 6.57. The van der Waals surface area contributed by atoms with E-state index >= 15 is 0 Å². The fourth-order valence-corrected chi connectivity index (χ4v) is 1.94. The Morgan fingerprint density at radius 3 is 2.35 bits per heavy atom. The Morgan fingerprint density at radius 1 is 1.00 bits per heavy atom.